The molecule has 0 spiro atoms. The van der Waals surface area contributed by atoms with Crippen LogP contribution in [0.15, 0.2) is 10.9 Å². The number of piperazine rings is 1. The maximum Gasteiger partial charge on any atom is 0.433 e. The van der Waals surface area contributed by atoms with Gasteiger partial charge in [0.1, 0.15) is 5.82 Å². The molecule has 114 valence electrons. The highest BCUT2D eigenvalue weighted by Crippen LogP contribution is 2.26. The van der Waals surface area contributed by atoms with Crippen LogP contribution in [-0.2, 0) is 12.7 Å². The van der Waals surface area contributed by atoms with Crippen LogP contribution in [0.25, 0.3) is 0 Å². The minimum atomic E-state index is -4.62. The van der Waals surface area contributed by atoms with E-state index >= 15 is 0 Å². The van der Waals surface area contributed by atoms with Gasteiger partial charge in [0.2, 0.25) is 0 Å². The molecule has 0 atom stereocenters. The maximum atomic E-state index is 12.6. The van der Waals surface area contributed by atoms with Gasteiger partial charge in [-0.3, -0.25) is 14.6 Å². The van der Waals surface area contributed by atoms with Gasteiger partial charge >= 0.3 is 6.18 Å². The molecule has 21 heavy (non-hydrogen) atoms. The second-order valence-corrected chi connectivity index (χ2v) is 4.83. The summed E-state index contributed by atoms with van der Waals surface area (Å²) in [6.45, 7) is 3.57. The Balaban J connectivity index is 2.03. The zero-order valence-corrected chi connectivity index (χ0v) is 11.3. The van der Waals surface area contributed by atoms with Crippen LogP contribution < -0.4 is 5.56 Å². The highest BCUT2D eigenvalue weighted by molar-refractivity contribution is 5.06. The zero-order valence-electron chi connectivity index (χ0n) is 11.3. The van der Waals surface area contributed by atoms with E-state index in [0.717, 1.165) is 13.1 Å². The van der Waals surface area contributed by atoms with Crippen molar-refractivity contribution in [2.45, 2.75) is 12.7 Å². The van der Waals surface area contributed by atoms with E-state index in [4.69, 9.17) is 6.42 Å². The zero-order chi connectivity index (χ0) is 15.5. The van der Waals surface area contributed by atoms with Crippen LogP contribution in [0, 0.1) is 12.3 Å². The molecule has 2 heterocycles. The number of rotatable bonds is 3. The minimum absolute atomic E-state index is 0.0280. The normalized spacial score (nSPS) is 17.6. The molecular weight excluding hydrogens is 285 g/mol. The molecule has 1 N–H and O–H groups in total. The Morgan fingerprint density at radius 1 is 1.29 bits per heavy atom. The van der Waals surface area contributed by atoms with Gasteiger partial charge in [-0.05, 0) is 0 Å². The average Bonchev–Trinajstić information content (AvgIpc) is 2.40. The fraction of sp³-hybridized carbons (Fsp3) is 0.538. The first-order valence-corrected chi connectivity index (χ1v) is 6.44. The van der Waals surface area contributed by atoms with Crippen molar-refractivity contribution in [2.75, 3.05) is 32.7 Å². The lowest BCUT2D eigenvalue weighted by atomic mass is 10.3. The molecule has 0 radical (unpaired) electrons. The summed E-state index contributed by atoms with van der Waals surface area (Å²) in [5, 5.41) is 0. The number of aromatic amines is 1. The molecule has 0 aromatic carbocycles. The molecule has 8 heteroatoms. The van der Waals surface area contributed by atoms with Crippen molar-refractivity contribution in [2.24, 2.45) is 0 Å². The molecule has 2 rings (SSSR count). The summed E-state index contributed by atoms with van der Waals surface area (Å²) in [6, 6.07) is 0.467. The maximum absolute atomic E-state index is 12.6. The lowest BCUT2D eigenvalue weighted by Crippen LogP contribution is -2.46. The van der Waals surface area contributed by atoms with Gasteiger partial charge in [-0.2, -0.15) is 13.2 Å². The van der Waals surface area contributed by atoms with E-state index in [1.54, 1.807) is 0 Å². The van der Waals surface area contributed by atoms with Crippen molar-refractivity contribution in [1.82, 2.24) is 19.8 Å². The summed E-state index contributed by atoms with van der Waals surface area (Å²) in [4.78, 5) is 21.1. The summed E-state index contributed by atoms with van der Waals surface area (Å²) >= 11 is 0. The number of hydrogen-bond acceptors (Lipinski definition) is 4. The monoisotopic (exact) mass is 300 g/mol. The van der Waals surface area contributed by atoms with Crippen LogP contribution in [0.2, 0.25) is 0 Å². The van der Waals surface area contributed by atoms with Crippen LogP contribution in [-0.4, -0.2) is 52.5 Å². The fourth-order valence-electron chi connectivity index (χ4n) is 2.17. The van der Waals surface area contributed by atoms with E-state index < -0.39 is 17.4 Å². The van der Waals surface area contributed by atoms with Gasteiger partial charge in [0.15, 0.2) is 5.69 Å². The largest absolute Gasteiger partial charge is 0.433 e. The molecule has 0 unspecified atom stereocenters. The molecule has 1 aliphatic rings. The van der Waals surface area contributed by atoms with Gasteiger partial charge in [0.05, 0.1) is 13.1 Å². The van der Waals surface area contributed by atoms with E-state index in [1.807, 2.05) is 4.90 Å². The Hall–Kier alpha value is -1.85. The van der Waals surface area contributed by atoms with Crippen LogP contribution in [0.1, 0.15) is 11.5 Å². The number of nitrogens with one attached hydrogen (secondary N) is 1. The van der Waals surface area contributed by atoms with Crippen molar-refractivity contribution in [1.29, 1.82) is 0 Å². The van der Waals surface area contributed by atoms with Crippen molar-refractivity contribution in [3.05, 3.63) is 27.9 Å². The summed E-state index contributed by atoms with van der Waals surface area (Å²) in [7, 11) is 0. The number of halogens is 3. The lowest BCUT2D eigenvalue weighted by molar-refractivity contribution is -0.141. The van der Waals surface area contributed by atoms with Gasteiger partial charge in [-0.25, -0.2) is 4.98 Å². The third-order valence-corrected chi connectivity index (χ3v) is 3.23. The number of nitrogens with zero attached hydrogens (tertiary/aromatic N) is 3. The fourth-order valence-corrected chi connectivity index (χ4v) is 2.17. The molecule has 0 aliphatic carbocycles. The Kier molecular flexibility index (Phi) is 4.65. The SMILES string of the molecule is C#CCN1CCN(Cc2nc(C(F)(F)F)cc(=O)[nH]2)CC1. The van der Waals surface area contributed by atoms with E-state index in [0.29, 0.717) is 25.7 Å². The first-order chi connectivity index (χ1) is 9.88. The first-order valence-electron chi connectivity index (χ1n) is 6.44. The van der Waals surface area contributed by atoms with Gasteiger partial charge in [0, 0.05) is 32.2 Å². The first kappa shape index (κ1) is 15.5. The van der Waals surface area contributed by atoms with Crippen LogP contribution in [0.4, 0.5) is 13.2 Å². The minimum Gasteiger partial charge on any atom is -0.309 e. The van der Waals surface area contributed by atoms with Gasteiger partial charge in [-0.15, -0.1) is 6.42 Å². The number of hydrogen-bond donors (Lipinski definition) is 1. The van der Waals surface area contributed by atoms with Crippen LogP contribution >= 0.6 is 0 Å². The van der Waals surface area contributed by atoms with Crippen molar-refractivity contribution in [3.8, 4) is 12.3 Å². The Morgan fingerprint density at radius 2 is 1.90 bits per heavy atom. The third-order valence-electron chi connectivity index (χ3n) is 3.23. The van der Waals surface area contributed by atoms with E-state index in [2.05, 4.69) is 20.8 Å². The Labute approximate surface area is 119 Å². The van der Waals surface area contributed by atoms with Crippen LogP contribution in [0.3, 0.4) is 0 Å². The molecule has 1 fully saturated rings. The van der Waals surface area contributed by atoms with Crippen LogP contribution in [0.5, 0.6) is 0 Å². The topological polar surface area (TPSA) is 52.2 Å². The second-order valence-electron chi connectivity index (χ2n) is 4.83. The molecular formula is C13H15F3N4O. The third kappa shape index (κ3) is 4.31. The van der Waals surface area contributed by atoms with Crippen molar-refractivity contribution in [3.63, 3.8) is 0 Å². The number of H-pyrrole nitrogens is 1. The quantitative estimate of drug-likeness (QED) is 0.828. The molecule has 1 aromatic rings. The van der Waals surface area contributed by atoms with Crippen molar-refractivity contribution >= 4 is 0 Å². The summed E-state index contributed by atoms with van der Waals surface area (Å²) < 4.78 is 37.8. The van der Waals surface area contributed by atoms with Crippen molar-refractivity contribution < 1.29 is 13.2 Å². The predicted molar refractivity (Wildman–Crippen MR) is 70.4 cm³/mol. The smallest absolute Gasteiger partial charge is 0.309 e. The molecule has 1 saturated heterocycles. The average molecular weight is 300 g/mol. The Bertz CT molecular complexity index is 582. The van der Waals surface area contributed by atoms with E-state index in [1.165, 1.54) is 0 Å². The standard InChI is InChI=1S/C13H15F3N4O/c1-2-3-19-4-6-20(7-5-19)9-11-17-10(13(14,15)16)8-12(21)18-11/h1,8H,3-7,9H2,(H,17,18,21). The highest BCUT2D eigenvalue weighted by Gasteiger charge is 2.33. The van der Waals surface area contributed by atoms with Gasteiger partial charge in [-0.1, -0.05) is 5.92 Å². The number of terminal acetylenes is 1. The highest BCUT2D eigenvalue weighted by atomic mass is 19.4. The molecule has 1 aliphatic heterocycles. The molecule has 5 nitrogen and oxygen atoms in total. The summed E-state index contributed by atoms with van der Waals surface area (Å²) in [6.07, 6.45) is 0.614. The summed E-state index contributed by atoms with van der Waals surface area (Å²) in [5.41, 5.74) is -1.95. The van der Waals surface area contributed by atoms with Gasteiger partial charge in [0.25, 0.3) is 5.56 Å². The molecule has 1 aromatic heterocycles. The molecule has 0 saturated carbocycles. The lowest BCUT2D eigenvalue weighted by Gasteiger charge is -2.33. The second kappa shape index (κ2) is 6.28. The molecule has 0 bridgehead atoms. The van der Waals surface area contributed by atoms with E-state index in [-0.39, 0.29) is 12.4 Å². The molecule has 0 amide bonds. The number of alkyl halides is 3. The predicted octanol–water partition coefficient (Wildman–Crippen LogP) is 0.540. The summed E-state index contributed by atoms with van der Waals surface area (Å²) in [5.74, 6) is 2.58. The Morgan fingerprint density at radius 3 is 2.48 bits per heavy atom. The number of aromatic nitrogens is 2. The van der Waals surface area contributed by atoms with Gasteiger partial charge < -0.3 is 4.98 Å². The van der Waals surface area contributed by atoms with E-state index in [9.17, 15) is 18.0 Å².